The summed E-state index contributed by atoms with van der Waals surface area (Å²) < 4.78 is 7.43. The maximum Gasteiger partial charge on any atom is 0.172 e. The molecule has 0 radical (unpaired) electrons. The second kappa shape index (κ2) is 6.83. The van der Waals surface area contributed by atoms with Crippen LogP contribution in [0.1, 0.15) is 0 Å². The first kappa shape index (κ1) is 16.8. The molecular weight excluding hydrogens is 336 g/mol. The van der Waals surface area contributed by atoms with Crippen LogP contribution in [0.15, 0.2) is 66.9 Å². The highest BCUT2D eigenvalue weighted by Crippen LogP contribution is 2.29. The molecule has 0 unspecified atom stereocenters. The van der Waals surface area contributed by atoms with Crippen molar-refractivity contribution < 1.29 is 4.74 Å². The van der Waals surface area contributed by atoms with E-state index >= 15 is 0 Å². The Hall–Kier alpha value is -3.05. The Labute approximate surface area is 151 Å². The van der Waals surface area contributed by atoms with Gasteiger partial charge in [0, 0.05) is 11.9 Å². The summed E-state index contributed by atoms with van der Waals surface area (Å²) in [7, 11) is 1.65. The van der Waals surface area contributed by atoms with Crippen molar-refractivity contribution in [3.05, 3.63) is 66.9 Å². The van der Waals surface area contributed by atoms with Crippen molar-refractivity contribution in [3.63, 3.8) is 0 Å². The van der Waals surface area contributed by atoms with Gasteiger partial charge in [-0.15, -0.1) is 22.6 Å². The quantitative estimate of drug-likeness (QED) is 0.564. The number of rotatable bonds is 3. The molecule has 0 saturated heterocycles. The van der Waals surface area contributed by atoms with E-state index in [-0.39, 0.29) is 12.4 Å². The summed E-state index contributed by atoms with van der Waals surface area (Å²) in [6.07, 6.45) is 2.03. The molecule has 0 fully saturated rings. The van der Waals surface area contributed by atoms with Crippen molar-refractivity contribution in [1.29, 1.82) is 0 Å². The van der Waals surface area contributed by atoms with Crippen molar-refractivity contribution in [1.82, 2.24) is 14.6 Å². The number of hydrogen-bond acceptors (Lipinski definition) is 4. The van der Waals surface area contributed by atoms with Crippen LogP contribution < -0.4 is 10.5 Å². The monoisotopic (exact) mass is 352 g/mol. The Morgan fingerprint density at radius 2 is 1.60 bits per heavy atom. The van der Waals surface area contributed by atoms with E-state index in [4.69, 9.17) is 10.5 Å². The van der Waals surface area contributed by atoms with Gasteiger partial charge in [-0.05, 0) is 47.5 Å². The maximum atomic E-state index is 5.77. The van der Waals surface area contributed by atoms with Crippen LogP contribution in [0.2, 0.25) is 0 Å². The van der Waals surface area contributed by atoms with E-state index in [9.17, 15) is 0 Å². The van der Waals surface area contributed by atoms with Gasteiger partial charge in [-0.25, -0.2) is 0 Å². The third-order valence-electron chi connectivity index (χ3n) is 3.99. The van der Waals surface area contributed by atoms with E-state index in [0.29, 0.717) is 0 Å². The largest absolute Gasteiger partial charge is 0.496 e. The number of hydrogen-bond donors (Lipinski definition) is 1. The van der Waals surface area contributed by atoms with Gasteiger partial charge in [-0.3, -0.25) is 4.40 Å². The number of halogens is 1. The number of nitrogens with two attached hydrogens (primary N) is 1. The minimum Gasteiger partial charge on any atom is -0.496 e. The number of ether oxygens (including phenoxy) is 1. The molecule has 2 aromatic heterocycles. The average Bonchev–Trinajstić information content (AvgIpc) is 3.05. The summed E-state index contributed by atoms with van der Waals surface area (Å²) in [5, 5.41) is 8.59. The number of anilines is 1. The average molecular weight is 353 g/mol. The Kier molecular flexibility index (Phi) is 4.59. The third-order valence-corrected chi connectivity index (χ3v) is 3.99. The molecule has 6 heteroatoms. The number of para-hydroxylation sites is 1. The lowest BCUT2D eigenvalue weighted by Gasteiger charge is -2.08. The summed E-state index contributed by atoms with van der Waals surface area (Å²) in [5.41, 5.74) is 10.4. The molecule has 5 nitrogen and oxygen atoms in total. The molecule has 0 aliphatic carbocycles. The third kappa shape index (κ3) is 3.02. The van der Waals surface area contributed by atoms with Crippen molar-refractivity contribution in [2.45, 2.75) is 0 Å². The molecule has 2 heterocycles. The molecule has 0 aliphatic heterocycles. The predicted molar refractivity (Wildman–Crippen MR) is 102 cm³/mol. The first-order chi connectivity index (χ1) is 11.8. The van der Waals surface area contributed by atoms with E-state index in [0.717, 1.165) is 39.6 Å². The first-order valence-corrected chi connectivity index (χ1v) is 7.60. The summed E-state index contributed by atoms with van der Waals surface area (Å²) >= 11 is 0. The fourth-order valence-corrected chi connectivity index (χ4v) is 2.75. The molecule has 25 heavy (non-hydrogen) atoms. The molecule has 0 spiro atoms. The SMILES string of the molecule is COc1ccccc1-c1nnc2ccc(-c3ccc(N)cc3)cn12.Cl. The van der Waals surface area contributed by atoms with Gasteiger partial charge in [0.15, 0.2) is 11.5 Å². The molecular formula is C19H17ClN4O. The standard InChI is InChI=1S/C19H16N4O.ClH/c1-24-17-5-3-2-4-16(17)19-22-21-18-11-8-14(12-23(18)19)13-6-9-15(20)10-7-13;/h2-12H,20H2,1H3;1H. The molecule has 0 bridgehead atoms. The second-order valence-corrected chi connectivity index (χ2v) is 5.49. The highest BCUT2D eigenvalue weighted by Gasteiger charge is 2.13. The number of nitrogens with zero attached hydrogens (tertiary/aromatic N) is 3. The number of benzene rings is 2. The van der Waals surface area contributed by atoms with E-state index in [1.807, 2.05) is 71.3 Å². The van der Waals surface area contributed by atoms with Crippen LogP contribution in [-0.2, 0) is 0 Å². The van der Waals surface area contributed by atoms with Gasteiger partial charge in [0.05, 0.1) is 12.7 Å². The number of fused-ring (bicyclic) bond motifs is 1. The van der Waals surface area contributed by atoms with Gasteiger partial charge < -0.3 is 10.5 Å². The second-order valence-electron chi connectivity index (χ2n) is 5.49. The van der Waals surface area contributed by atoms with Crippen LogP contribution in [0.5, 0.6) is 5.75 Å². The molecule has 0 aliphatic rings. The molecule has 4 aromatic rings. The van der Waals surface area contributed by atoms with Crippen LogP contribution in [0, 0.1) is 0 Å². The zero-order chi connectivity index (χ0) is 16.5. The molecule has 0 atom stereocenters. The van der Waals surface area contributed by atoms with Gasteiger partial charge >= 0.3 is 0 Å². The number of methoxy groups -OCH3 is 1. The fraction of sp³-hybridized carbons (Fsp3) is 0.0526. The normalized spacial score (nSPS) is 10.4. The van der Waals surface area contributed by atoms with Crippen molar-refractivity contribution in [2.75, 3.05) is 12.8 Å². The Morgan fingerprint density at radius 1 is 0.880 bits per heavy atom. The number of pyridine rings is 1. The topological polar surface area (TPSA) is 65.4 Å². The first-order valence-electron chi connectivity index (χ1n) is 7.60. The highest BCUT2D eigenvalue weighted by molar-refractivity contribution is 5.85. The summed E-state index contributed by atoms with van der Waals surface area (Å²) in [6, 6.07) is 19.6. The zero-order valence-electron chi connectivity index (χ0n) is 13.6. The summed E-state index contributed by atoms with van der Waals surface area (Å²) in [5.74, 6) is 1.52. The number of aromatic nitrogens is 3. The smallest absolute Gasteiger partial charge is 0.172 e. The lowest BCUT2D eigenvalue weighted by Crippen LogP contribution is -1.94. The van der Waals surface area contributed by atoms with Crippen molar-refractivity contribution in [3.8, 4) is 28.3 Å². The molecule has 2 N–H and O–H groups in total. The highest BCUT2D eigenvalue weighted by atomic mass is 35.5. The molecule has 4 rings (SSSR count). The predicted octanol–water partition coefficient (Wildman–Crippen LogP) is 4.08. The van der Waals surface area contributed by atoms with Crippen LogP contribution in [0.4, 0.5) is 5.69 Å². The summed E-state index contributed by atoms with van der Waals surface area (Å²) in [4.78, 5) is 0. The molecule has 0 saturated carbocycles. The molecule has 2 aromatic carbocycles. The van der Waals surface area contributed by atoms with Crippen LogP contribution >= 0.6 is 12.4 Å². The van der Waals surface area contributed by atoms with Gasteiger partial charge in [0.1, 0.15) is 5.75 Å². The van der Waals surface area contributed by atoms with Gasteiger partial charge in [-0.2, -0.15) is 0 Å². The lowest BCUT2D eigenvalue weighted by molar-refractivity contribution is 0.416. The minimum atomic E-state index is 0. The zero-order valence-corrected chi connectivity index (χ0v) is 14.4. The van der Waals surface area contributed by atoms with Gasteiger partial charge in [0.2, 0.25) is 0 Å². The van der Waals surface area contributed by atoms with Gasteiger partial charge in [-0.1, -0.05) is 24.3 Å². The van der Waals surface area contributed by atoms with E-state index in [1.54, 1.807) is 7.11 Å². The van der Waals surface area contributed by atoms with E-state index in [2.05, 4.69) is 10.2 Å². The van der Waals surface area contributed by atoms with Crippen LogP contribution in [-0.4, -0.2) is 21.7 Å². The Bertz CT molecular complexity index is 1010. The number of nitrogen functional groups attached to an aromatic ring is 1. The lowest BCUT2D eigenvalue weighted by atomic mass is 10.1. The van der Waals surface area contributed by atoms with Crippen LogP contribution in [0.3, 0.4) is 0 Å². The Balaban J connectivity index is 0.00000182. The Morgan fingerprint density at radius 3 is 2.36 bits per heavy atom. The van der Waals surface area contributed by atoms with E-state index < -0.39 is 0 Å². The fourth-order valence-electron chi connectivity index (χ4n) is 2.75. The van der Waals surface area contributed by atoms with Crippen molar-refractivity contribution >= 4 is 23.7 Å². The van der Waals surface area contributed by atoms with Crippen LogP contribution in [0.25, 0.3) is 28.2 Å². The van der Waals surface area contributed by atoms with Gasteiger partial charge in [0.25, 0.3) is 0 Å². The summed E-state index contributed by atoms with van der Waals surface area (Å²) in [6.45, 7) is 0. The molecule has 126 valence electrons. The van der Waals surface area contributed by atoms with Crippen molar-refractivity contribution in [2.24, 2.45) is 0 Å². The minimum absolute atomic E-state index is 0. The maximum absolute atomic E-state index is 5.77. The van der Waals surface area contributed by atoms with E-state index in [1.165, 1.54) is 0 Å². The molecule has 0 amide bonds.